The molecule has 0 bridgehead atoms. The molecule has 0 radical (unpaired) electrons. The maximum Gasteiger partial charge on any atom is 0.241 e. The summed E-state index contributed by atoms with van der Waals surface area (Å²) < 4.78 is 33.0. The van der Waals surface area contributed by atoms with Gasteiger partial charge in [0.2, 0.25) is 10.0 Å². The van der Waals surface area contributed by atoms with Crippen LogP contribution in [0.2, 0.25) is 0 Å². The zero-order chi connectivity index (χ0) is 14.8. The lowest BCUT2D eigenvalue weighted by atomic mass is 9.97. The molecule has 2 rings (SSSR count). The smallest absolute Gasteiger partial charge is 0.241 e. The van der Waals surface area contributed by atoms with E-state index in [1.54, 1.807) is 24.3 Å². The Balaban J connectivity index is 2.18. The summed E-state index contributed by atoms with van der Waals surface area (Å²) in [5.74, 6) is 0. The number of hydrogen-bond acceptors (Lipinski definition) is 4. The van der Waals surface area contributed by atoms with E-state index >= 15 is 0 Å². The molecule has 20 heavy (non-hydrogen) atoms. The minimum absolute atomic E-state index is 0.0528. The first-order chi connectivity index (χ1) is 9.37. The zero-order valence-electron chi connectivity index (χ0n) is 11.8. The van der Waals surface area contributed by atoms with Gasteiger partial charge in [0.25, 0.3) is 0 Å². The third-order valence-electron chi connectivity index (χ3n) is 3.89. The standard InChI is InChI=1S/C14H21NO4S/c1-11-14(2,8-10-19-11)15-20(17,18)13-5-3-12(4-6-13)7-9-16/h3-6,11,15-16H,7-10H2,1-2H3. The molecule has 0 aromatic heterocycles. The summed E-state index contributed by atoms with van der Waals surface area (Å²) in [6.45, 7) is 4.36. The van der Waals surface area contributed by atoms with Crippen molar-refractivity contribution in [3.8, 4) is 0 Å². The topological polar surface area (TPSA) is 75.6 Å². The Kier molecular flexibility index (Phi) is 4.49. The van der Waals surface area contributed by atoms with Crippen LogP contribution >= 0.6 is 0 Å². The fourth-order valence-corrected chi connectivity index (χ4v) is 3.79. The Morgan fingerprint density at radius 2 is 2.05 bits per heavy atom. The van der Waals surface area contributed by atoms with Crippen molar-refractivity contribution in [2.45, 2.75) is 43.2 Å². The van der Waals surface area contributed by atoms with Crippen LogP contribution in [0.3, 0.4) is 0 Å². The van der Waals surface area contributed by atoms with Crippen LogP contribution in [0.15, 0.2) is 29.2 Å². The normalized spacial score (nSPS) is 26.9. The van der Waals surface area contributed by atoms with Crippen LogP contribution < -0.4 is 4.72 Å². The van der Waals surface area contributed by atoms with Gasteiger partial charge in [-0.25, -0.2) is 13.1 Å². The van der Waals surface area contributed by atoms with Crippen molar-refractivity contribution in [2.24, 2.45) is 0 Å². The molecule has 5 nitrogen and oxygen atoms in total. The predicted molar refractivity (Wildman–Crippen MR) is 76.0 cm³/mol. The van der Waals surface area contributed by atoms with Gasteiger partial charge in [-0.1, -0.05) is 12.1 Å². The fourth-order valence-electron chi connectivity index (χ4n) is 2.30. The number of sulfonamides is 1. The largest absolute Gasteiger partial charge is 0.396 e. The molecule has 0 saturated carbocycles. The number of nitrogens with one attached hydrogen (secondary N) is 1. The Morgan fingerprint density at radius 1 is 1.40 bits per heavy atom. The van der Waals surface area contributed by atoms with Crippen LogP contribution in [0.4, 0.5) is 0 Å². The molecular weight excluding hydrogens is 278 g/mol. The highest BCUT2D eigenvalue weighted by atomic mass is 32.2. The van der Waals surface area contributed by atoms with Gasteiger partial charge in [-0.05, 0) is 44.4 Å². The summed E-state index contributed by atoms with van der Waals surface area (Å²) in [6, 6.07) is 6.58. The van der Waals surface area contributed by atoms with Gasteiger partial charge in [-0.2, -0.15) is 0 Å². The SMILES string of the molecule is CC1OCCC1(C)NS(=O)(=O)c1ccc(CCO)cc1. The molecule has 2 unspecified atom stereocenters. The van der Waals surface area contributed by atoms with Crippen LogP contribution in [0.1, 0.15) is 25.8 Å². The molecule has 2 N–H and O–H groups in total. The van der Waals surface area contributed by atoms with E-state index in [1.807, 2.05) is 13.8 Å². The minimum atomic E-state index is -3.56. The first-order valence-corrected chi connectivity index (χ1v) is 8.21. The van der Waals surface area contributed by atoms with Crippen LogP contribution in [0.25, 0.3) is 0 Å². The van der Waals surface area contributed by atoms with Crippen molar-refractivity contribution in [3.05, 3.63) is 29.8 Å². The fraction of sp³-hybridized carbons (Fsp3) is 0.571. The van der Waals surface area contributed by atoms with Crippen LogP contribution in [0.5, 0.6) is 0 Å². The molecule has 0 spiro atoms. The second-order valence-corrected chi connectivity index (χ2v) is 7.09. The average molecular weight is 299 g/mol. The second-order valence-electron chi connectivity index (χ2n) is 5.40. The molecule has 6 heteroatoms. The predicted octanol–water partition coefficient (Wildman–Crippen LogP) is 1.07. The van der Waals surface area contributed by atoms with E-state index in [9.17, 15) is 8.42 Å². The van der Waals surface area contributed by atoms with Crippen molar-refractivity contribution in [2.75, 3.05) is 13.2 Å². The van der Waals surface area contributed by atoms with Crippen molar-refractivity contribution < 1.29 is 18.3 Å². The second kappa shape index (κ2) is 5.81. The summed E-state index contributed by atoms with van der Waals surface area (Å²) in [5, 5.41) is 8.86. The third-order valence-corrected chi connectivity index (χ3v) is 5.52. The summed E-state index contributed by atoms with van der Waals surface area (Å²) in [6.07, 6.45) is 1.04. The van der Waals surface area contributed by atoms with E-state index in [-0.39, 0.29) is 17.6 Å². The lowest BCUT2D eigenvalue weighted by Gasteiger charge is -2.28. The van der Waals surface area contributed by atoms with Crippen molar-refractivity contribution in [1.29, 1.82) is 0 Å². The van der Waals surface area contributed by atoms with E-state index < -0.39 is 15.6 Å². The Morgan fingerprint density at radius 3 is 2.55 bits per heavy atom. The van der Waals surface area contributed by atoms with E-state index in [0.717, 1.165) is 5.56 Å². The van der Waals surface area contributed by atoms with E-state index in [1.165, 1.54) is 0 Å². The van der Waals surface area contributed by atoms with Gasteiger partial charge in [0, 0.05) is 13.2 Å². The van der Waals surface area contributed by atoms with Crippen molar-refractivity contribution >= 4 is 10.0 Å². The highest BCUT2D eigenvalue weighted by Crippen LogP contribution is 2.27. The number of hydrogen-bond donors (Lipinski definition) is 2. The van der Waals surface area contributed by atoms with Gasteiger partial charge in [0.05, 0.1) is 16.5 Å². The summed E-state index contributed by atoms with van der Waals surface area (Å²) in [7, 11) is -3.56. The van der Waals surface area contributed by atoms with E-state index in [2.05, 4.69) is 4.72 Å². The molecule has 1 aromatic carbocycles. The molecule has 112 valence electrons. The number of rotatable bonds is 5. The zero-order valence-corrected chi connectivity index (χ0v) is 12.6. The Hall–Kier alpha value is -0.950. The average Bonchev–Trinajstić information content (AvgIpc) is 2.69. The molecule has 2 atom stereocenters. The van der Waals surface area contributed by atoms with Gasteiger partial charge in [-0.15, -0.1) is 0 Å². The Bertz CT molecular complexity index is 555. The van der Waals surface area contributed by atoms with Gasteiger partial charge in [-0.3, -0.25) is 0 Å². The number of aliphatic hydroxyl groups excluding tert-OH is 1. The summed E-state index contributed by atoms with van der Waals surface area (Å²) in [5.41, 5.74) is 0.345. The van der Waals surface area contributed by atoms with E-state index in [4.69, 9.17) is 9.84 Å². The molecule has 1 saturated heterocycles. The van der Waals surface area contributed by atoms with Crippen LogP contribution in [0, 0.1) is 0 Å². The highest BCUT2D eigenvalue weighted by molar-refractivity contribution is 7.89. The molecular formula is C14H21NO4S. The lowest BCUT2D eigenvalue weighted by molar-refractivity contribution is 0.0957. The van der Waals surface area contributed by atoms with Gasteiger partial charge < -0.3 is 9.84 Å². The third kappa shape index (κ3) is 3.20. The summed E-state index contributed by atoms with van der Waals surface area (Å²) in [4.78, 5) is 0.236. The maximum atomic E-state index is 12.4. The van der Waals surface area contributed by atoms with Gasteiger partial charge in [0.1, 0.15) is 0 Å². The molecule has 1 heterocycles. The summed E-state index contributed by atoms with van der Waals surface area (Å²) >= 11 is 0. The molecule has 0 amide bonds. The van der Waals surface area contributed by atoms with Gasteiger partial charge in [0.15, 0.2) is 0 Å². The molecule has 1 aliphatic rings. The molecule has 1 aliphatic heterocycles. The van der Waals surface area contributed by atoms with Crippen LogP contribution in [-0.4, -0.2) is 38.4 Å². The lowest BCUT2D eigenvalue weighted by Crippen LogP contribution is -2.50. The van der Waals surface area contributed by atoms with Crippen LogP contribution in [-0.2, 0) is 21.2 Å². The molecule has 1 aromatic rings. The monoisotopic (exact) mass is 299 g/mol. The first-order valence-electron chi connectivity index (χ1n) is 6.73. The molecule has 1 fully saturated rings. The number of ether oxygens (including phenoxy) is 1. The quantitative estimate of drug-likeness (QED) is 0.852. The molecule has 0 aliphatic carbocycles. The van der Waals surface area contributed by atoms with Crippen molar-refractivity contribution in [3.63, 3.8) is 0 Å². The first kappa shape index (κ1) is 15.4. The Labute approximate surface area is 120 Å². The number of aliphatic hydroxyl groups is 1. The minimum Gasteiger partial charge on any atom is -0.396 e. The number of benzene rings is 1. The van der Waals surface area contributed by atoms with Crippen molar-refractivity contribution in [1.82, 2.24) is 4.72 Å². The maximum absolute atomic E-state index is 12.4. The van der Waals surface area contributed by atoms with E-state index in [0.29, 0.717) is 19.4 Å². The highest BCUT2D eigenvalue weighted by Gasteiger charge is 2.40. The van der Waals surface area contributed by atoms with Gasteiger partial charge >= 0.3 is 0 Å².